The van der Waals surface area contributed by atoms with Gasteiger partial charge in [0.15, 0.2) is 0 Å². The highest BCUT2D eigenvalue weighted by Crippen LogP contribution is 2.38. The monoisotopic (exact) mass is 328 g/mol. The standard InChI is InChI=1S/C18H24N4O2/c1-13-6-9-17(24-13)16-5-3-2-4-10-22(16)18(23)12-21-11-15(19-20-21)14-7-8-14/h6,9,11,14,16H,2-5,7-8,10,12H2,1H3/t16-/m1/s1. The van der Waals surface area contributed by atoms with Gasteiger partial charge in [0.25, 0.3) is 0 Å². The highest BCUT2D eigenvalue weighted by Gasteiger charge is 2.30. The first-order valence-electron chi connectivity index (χ1n) is 8.96. The zero-order chi connectivity index (χ0) is 16.5. The fraction of sp³-hybridized carbons (Fsp3) is 0.611. The number of likely N-dealkylation sites (tertiary alicyclic amines) is 1. The summed E-state index contributed by atoms with van der Waals surface area (Å²) in [6.07, 6.45) is 8.62. The van der Waals surface area contributed by atoms with Crippen molar-refractivity contribution in [1.29, 1.82) is 0 Å². The highest BCUT2D eigenvalue weighted by atomic mass is 16.3. The number of nitrogens with zero attached hydrogens (tertiary/aromatic N) is 4. The lowest BCUT2D eigenvalue weighted by atomic mass is 10.1. The fourth-order valence-corrected chi connectivity index (χ4v) is 3.52. The van der Waals surface area contributed by atoms with Gasteiger partial charge in [-0.3, -0.25) is 4.79 Å². The molecule has 1 aliphatic heterocycles. The Morgan fingerprint density at radius 2 is 2.12 bits per heavy atom. The summed E-state index contributed by atoms with van der Waals surface area (Å²) in [5.74, 6) is 2.46. The number of carbonyl (C=O) groups excluding carboxylic acids is 1. The van der Waals surface area contributed by atoms with Gasteiger partial charge in [0.05, 0.1) is 11.7 Å². The van der Waals surface area contributed by atoms with E-state index in [2.05, 4.69) is 10.3 Å². The van der Waals surface area contributed by atoms with E-state index in [0.717, 1.165) is 49.4 Å². The van der Waals surface area contributed by atoms with Gasteiger partial charge in [-0.25, -0.2) is 4.68 Å². The molecular weight excluding hydrogens is 304 g/mol. The number of hydrogen-bond acceptors (Lipinski definition) is 4. The van der Waals surface area contributed by atoms with Crippen LogP contribution in [0.3, 0.4) is 0 Å². The van der Waals surface area contributed by atoms with Crippen molar-refractivity contribution in [2.45, 2.75) is 64.0 Å². The molecule has 6 nitrogen and oxygen atoms in total. The third-order valence-electron chi connectivity index (χ3n) is 5.01. The minimum atomic E-state index is 0.0418. The van der Waals surface area contributed by atoms with Crippen LogP contribution < -0.4 is 0 Å². The molecule has 1 saturated heterocycles. The number of rotatable bonds is 4. The van der Waals surface area contributed by atoms with Gasteiger partial charge in [-0.1, -0.05) is 18.1 Å². The number of amides is 1. The Bertz CT molecular complexity index is 716. The van der Waals surface area contributed by atoms with Gasteiger partial charge in [0.2, 0.25) is 5.91 Å². The molecule has 2 aliphatic rings. The molecule has 1 amide bonds. The molecule has 0 spiro atoms. The molecule has 0 N–H and O–H groups in total. The van der Waals surface area contributed by atoms with Gasteiger partial charge in [-0.2, -0.15) is 0 Å². The molecule has 1 saturated carbocycles. The summed E-state index contributed by atoms with van der Waals surface area (Å²) in [4.78, 5) is 14.9. The van der Waals surface area contributed by atoms with Crippen LogP contribution in [0.25, 0.3) is 0 Å². The first kappa shape index (κ1) is 15.4. The molecule has 0 radical (unpaired) electrons. The SMILES string of the molecule is Cc1ccc([C@H]2CCCCCN2C(=O)Cn2cc(C3CC3)nn2)o1. The van der Waals surface area contributed by atoms with Crippen LogP contribution >= 0.6 is 0 Å². The maximum atomic E-state index is 12.9. The molecule has 0 unspecified atom stereocenters. The second-order valence-electron chi connectivity index (χ2n) is 7.02. The smallest absolute Gasteiger partial charge is 0.244 e. The lowest BCUT2D eigenvalue weighted by molar-refractivity contribution is -0.135. The van der Waals surface area contributed by atoms with Crippen LogP contribution in [0.2, 0.25) is 0 Å². The molecular formula is C18H24N4O2. The zero-order valence-electron chi connectivity index (χ0n) is 14.1. The van der Waals surface area contributed by atoms with Crippen molar-refractivity contribution in [2.75, 3.05) is 6.54 Å². The minimum Gasteiger partial charge on any atom is -0.464 e. The Kier molecular flexibility index (Phi) is 4.12. The van der Waals surface area contributed by atoms with Gasteiger partial charge in [-0.05, 0) is 44.7 Å². The quantitative estimate of drug-likeness (QED) is 0.864. The molecule has 0 bridgehead atoms. The third kappa shape index (κ3) is 3.23. The number of aromatic nitrogens is 3. The van der Waals surface area contributed by atoms with Crippen molar-refractivity contribution >= 4 is 5.91 Å². The predicted octanol–water partition coefficient (Wildman–Crippen LogP) is 3.20. The minimum absolute atomic E-state index is 0.0418. The van der Waals surface area contributed by atoms with Crippen LogP contribution in [0.4, 0.5) is 0 Å². The Morgan fingerprint density at radius 3 is 2.88 bits per heavy atom. The summed E-state index contributed by atoms with van der Waals surface area (Å²) in [5, 5.41) is 8.33. The molecule has 128 valence electrons. The number of furan rings is 1. The van der Waals surface area contributed by atoms with Gasteiger partial charge in [-0.15, -0.1) is 5.10 Å². The van der Waals surface area contributed by atoms with E-state index >= 15 is 0 Å². The van der Waals surface area contributed by atoms with Gasteiger partial charge < -0.3 is 9.32 Å². The fourth-order valence-electron chi connectivity index (χ4n) is 3.52. The van der Waals surface area contributed by atoms with Crippen molar-refractivity contribution in [1.82, 2.24) is 19.9 Å². The van der Waals surface area contributed by atoms with Crippen LogP contribution in [0, 0.1) is 6.92 Å². The van der Waals surface area contributed by atoms with E-state index in [-0.39, 0.29) is 18.5 Å². The Morgan fingerprint density at radius 1 is 1.25 bits per heavy atom. The van der Waals surface area contributed by atoms with E-state index in [1.54, 1.807) is 4.68 Å². The summed E-state index contributed by atoms with van der Waals surface area (Å²) in [7, 11) is 0. The topological polar surface area (TPSA) is 64.2 Å². The summed E-state index contributed by atoms with van der Waals surface area (Å²) >= 11 is 0. The van der Waals surface area contributed by atoms with Gasteiger partial charge in [0.1, 0.15) is 18.1 Å². The number of carbonyl (C=O) groups is 1. The molecule has 2 aromatic rings. The summed E-state index contributed by atoms with van der Waals surface area (Å²) < 4.78 is 7.51. The van der Waals surface area contributed by atoms with E-state index in [1.807, 2.05) is 30.2 Å². The predicted molar refractivity (Wildman–Crippen MR) is 88.4 cm³/mol. The first-order chi connectivity index (χ1) is 11.7. The lowest BCUT2D eigenvalue weighted by Crippen LogP contribution is -2.37. The number of hydrogen-bond donors (Lipinski definition) is 0. The lowest BCUT2D eigenvalue weighted by Gasteiger charge is -2.28. The summed E-state index contributed by atoms with van der Waals surface area (Å²) in [5.41, 5.74) is 1.02. The summed E-state index contributed by atoms with van der Waals surface area (Å²) in [6, 6.07) is 4.02. The zero-order valence-corrected chi connectivity index (χ0v) is 14.1. The van der Waals surface area contributed by atoms with Crippen LogP contribution in [0.15, 0.2) is 22.7 Å². The van der Waals surface area contributed by atoms with Gasteiger partial charge in [0, 0.05) is 18.7 Å². The van der Waals surface area contributed by atoms with Crippen molar-refractivity contribution in [3.05, 3.63) is 35.5 Å². The van der Waals surface area contributed by atoms with Crippen molar-refractivity contribution in [2.24, 2.45) is 0 Å². The average molecular weight is 328 g/mol. The van der Waals surface area contributed by atoms with Crippen molar-refractivity contribution < 1.29 is 9.21 Å². The third-order valence-corrected chi connectivity index (χ3v) is 5.01. The van der Waals surface area contributed by atoms with E-state index < -0.39 is 0 Å². The maximum Gasteiger partial charge on any atom is 0.244 e. The average Bonchev–Trinajstić information content (AvgIpc) is 3.25. The molecule has 2 aromatic heterocycles. The Labute approximate surface area is 141 Å². The number of aryl methyl sites for hydroxylation is 1. The second-order valence-corrected chi connectivity index (χ2v) is 7.02. The normalized spacial score (nSPS) is 21.7. The van der Waals surface area contributed by atoms with Crippen LogP contribution in [-0.2, 0) is 11.3 Å². The van der Waals surface area contributed by atoms with Crippen LogP contribution in [0.5, 0.6) is 0 Å². The molecule has 24 heavy (non-hydrogen) atoms. The van der Waals surface area contributed by atoms with Crippen LogP contribution in [0.1, 0.15) is 67.7 Å². The Balaban J connectivity index is 1.50. The van der Waals surface area contributed by atoms with E-state index in [0.29, 0.717) is 5.92 Å². The van der Waals surface area contributed by atoms with Crippen LogP contribution in [-0.4, -0.2) is 32.3 Å². The first-order valence-corrected chi connectivity index (χ1v) is 8.96. The molecule has 1 aliphatic carbocycles. The largest absolute Gasteiger partial charge is 0.464 e. The molecule has 3 heterocycles. The summed E-state index contributed by atoms with van der Waals surface area (Å²) in [6.45, 7) is 2.99. The molecule has 0 aromatic carbocycles. The maximum absolute atomic E-state index is 12.9. The van der Waals surface area contributed by atoms with E-state index in [9.17, 15) is 4.79 Å². The molecule has 2 fully saturated rings. The van der Waals surface area contributed by atoms with Crippen molar-refractivity contribution in [3.8, 4) is 0 Å². The van der Waals surface area contributed by atoms with E-state index in [4.69, 9.17) is 4.42 Å². The molecule has 1 atom stereocenters. The van der Waals surface area contributed by atoms with E-state index in [1.165, 1.54) is 12.8 Å². The van der Waals surface area contributed by atoms with Crippen molar-refractivity contribution in [3.63, 3.8) is 0 Å². The van der Waals surface area contributed by atoms with Gasteiger partial charge >= 0.3 is 0 Å². The second kappa shape index (κ2) is 6.42. The molecule has 4 rings (SSSR count). The highest BCUT2D eigenvalue weighted by molar-refractivity contribution is 5.76. The Hall–Kier alpha value is -2.11. The molecule has 6 heteroatoms.